The Labute approximate surface area is 111 Å². The minimum absolute atomic E-state index is 0.00937. The number of benzene rings is 1. The van der Waals surface area contributed by atoms with E-state index in [1.165, 1.54) is 12.1 Å². The third-order valence-corrected chi connectivity index (χ3v) is 3.56. The smallest absolute Gasteiger partial charge is 0.254 e. The molecule has 0 saturated heterocycles. The SMILES string of the molecule is Cc1ccc(F)c(C(=O)NC2CCCC2C(N)=O)c1. The molecule has 1 aliphatic carbocycles. The van der Waals surface area contributed by atoms with Crippen molar-refractivity contribution >= 4 is 11.8 Å². The van der Waals surface area contributed by atoms with Gasteiger partial charge >= 0.3 is 0 Å². The van der Waals surface area contributed by atoms with Gasteiger partial charge in [0.2, 0.25) is 5.91 Å². The molecule has 1 aromatic carbocycles. The first-order valence-electron chi connectivity index (χ1n) is 6.35. The van der Waals surface area contributed by atoms with Crippen LogP contribution in [0.15, 0.2) is 18.2 Å². The van der Waals surface area contributed by atoms with Gasteiger partial charge in [0, 0.05) is 6.04 Å². The fraction of sp³-hybridized carbons (Fsp3) is 0.429. The Balaban J connectivity index is 2.12. The summed E-state index contributed by atoms with van der Waals surface area (Å²) in [6.45, 7) is 1.79. The molecule has 1 saturated carbocycles. The Morgan fingerprint density at radius 2 is 2.11 bits per heavy atom. The van der Waals surface area contributed by atoms with Crippen LogP contribution in [0.3, 0.4) is 0 Å². The topological polar surface area (TPSA) is 72.2 Å². The number of carbonyl (C=O) groups excluding carboxylic acids is 2. The van der Waals surface area contributed by atoms with E-state index in [2.05, 4.69) is 5.32 Å². The van der Waals surface area contributed by atoms with E-state index in [0.29, 0.717) is 12.8 Å². The Kier molecular flexibility index (Phi) is 3.83. The molecule has 2 rings (SSSR count). The van der Waals surface area contributed by atoms with Crippen molar-refractivity contribution in [2.75, 3.05) is 0 Å². The summed E-state index contributed by atoms with van der Waals surface area (Å²) in [5, 5.41) is 2.71. The molecule has 19 heavy (non-hydrogen) atoms. The van der Waals surface area contributed by atoms with Crippen LogP contribution < -0.4 is 11.1 Å². The van der Waals surface area contributed by atoms with Crippen LogP contribution in [0.4, 0.5) is 4.39 Å². The van der Waals surface area contributed by atoms with E-state index in [1.54, 1.807) is 13.0 Å². The summed E-state index contributed by atoms with van der Waals surface area (Å²) in [5.74, 6) is -1.81. The molecule has 0 spiro atoms. The zero-order valence-corrected chi connectivity index (χ0v) is 10.8. The number of hydrogen-bond acceptors (Lipinski definition) is 2. The van der Waals surface area contributed by atoms with Gasteiger partial charge in [-0.1, -0.05) is 18.1 Å². The van der Waals surface area contributed by atoms with E-state index in [4.69, 9.17) is 5.73 Å². The highest BCUT2D eigenvalue weighted by Gasteiger charge is 2.33. The highest BCUT2D eigenvalue weighted by molar-refractivity contribution is 5.95. The normalized spacial score (nSPS) is 22.2. The van der Waals surface area contributed by atoms with Crippen LogP contribution in [0.2, 0.25) is 0 Å². The van der Waals surface area contributed by atoms with Crippen LogP contribution >= 0.6 is 0 Å². The first kappa shape index (κ1) is 13.5. The average Bonchev–Trinajstić information content (AvgIpc) is 2.80. The summed E-state index contributed by atoms with van der Waals surface area (Å²) in [4.78, 5) is 23.3. The maximum Gasteiger partial charge on any atom is 0.254 e. The summed E-state index contributed by atoms with van der Waals surface area (Å²) in [6, 6.07) is 4.09. The molecule has 0 aliphatic heterocycles. The second kappa shape index (κ2) is 5.38. The molecule has 1 aromatic rings. The minimum atomic E-state index is -0.559. The van der Waals surface area contributed by atoms with Gasteiger partial charge in [0.25, 0.3) is 5.91 Å². The predicted molar refractivity (Wildman–Crippen MR) is 68.9 cm³/mol. The summed E-state index contributed by atoms with van der Waals surface area (Å²) in [6.07, 6.45) is 2.22. The number of nitrogens with one attached hydrogen (secondary N) is 1. The van der Waals surface area contributed by atoms with Crippen LogP contribution in [0, 0.1) is 18.7 Å². The second-order valence-electron chi connectivity index (χ2n) is 5.00. The van der Waals surface area contributed by atoms with Crippen molar-refractivity contribution in [3.05, 3.63) is 35.1 Å². The van der Waals surface area contributed by atoms with Crippen molar-refractivity contribution in [3.8, 4) is 0 Å². The molecule has 102 valence electrons. The predicted octanol–water partition coefficient (Wildman–Crippen LogP) is 1.52. The van der Waals surface area contributed by atoms with Crippen LogP contribution in [0.1, 0.15) is 35.2 Å². The zero-order valence-electron chi connectivity index (χ0n) is 10.8. The number of nitrogens with two attached hydrogens (primary N) is 1. The zero-order chi connectivity index (χ0) is 14.0. The van der Waals surface area contributed by atoms with Gasteiger partial charge in [-0.05, 0) is 31.9 Å². The maximum absolute atomic E-state index is 13.6. The lowest BCUT2D eigenvalue weighted by Gasteiger charge is -2.18. The molecule has 1 fully saturated rings. The summed E-state index contributed by atoms with van der Waals surface area (Å²) >= 11 is 0. The van der Waals surface area contributed by atoms with Crippen molar-refractivity contribution in [2.45, 2.75) is 32.2 Å². The van der Waals surface area contributed by atoms with Gasteiger partial charge in [0.15, 0.2) is 0 Å². The molecule has 4 nitrogen and oxygen atoms in total. The molecule has 0 radical (unpaired) electrons. The van der Waals surface area contributed by atoms with E-state index < -0.39 is 17.6 Å². The van der Waals surface area contributed by atoms with Crippen LogP contribution in [0.5, 0.6) is 0 Å². The van der Waals surface area contributed by atoms with Crippen molar-refractivity contribution in [1.29, 1.82) is 0 Å². The first-order valence-corrected chi connectivity index (χ1v) is 6.35. The molecule has 2 unspecified atom stereocenters. The third kappa shape index (κ3) is 2.92. The molecule has 0 bridgehead atoms. The standard InChI is InChI=1S/C14H17FN2O2/c1-8-5-6-11(15)10(7-8)14(19)17-12-4-2-3-9(12)13(16)18/h5-7,9,12H,2-4H2,1H3,(H2,16,18)(H,17,19). The second-order valence-corrected chi connectivity index (χ2v) is 5.00. The number of rotatable bonds is 3. The van der Waals surface area contributed by atoms with Gasteiger partial charge in [0.1, 0.15) is 5.82 Å². The third-order valence-electron chi connectivity index (χ3n) is 3.56. The van der Waals surface area contributed by atoms with Crippen molar-refractivity contribution < 1.29 is 14.0 Å². The minimum Gasteiger partial charge on any atom is -0.369 e. The van der Waals surface area contributed by atoms with Gasteiger partial charge in [-0.15, -0.1) is 0 Å². The van der Waals surface area contributed by atoms with Crippen molar-refractivity contribution in [2.24, 2.45) is 11.7 Å². The lowest BCUT2D eigenvalue weighted by atomic mass is 10.0. The molecule has 2 atom stereocenters. The maximum atomic E-state index is 13.6. The first-order chi connectivity index (χ1) is 8.99. The number of hydrogen-bond donors (Lipinski definition) is 2. The summed E-state index contributed by atoms with van der Waals surface area (Å²) < 4.78 is 13.6. The highest BCUT2D eigenvalue weighted by atomic mass is 19.1. The van der Waals surface area contributed by atoms with Gasteiger partial charge in [-0.2, -0.15) is 0 Å². The average molecular weight is 264 g/mol. The Morgan fingerprint density at radius 3 is 2.79 bits per heavy atom. The molecular weight excluding hydrogens is 247 g/mol. The number of amides is 2. The van der Waals surface area contributed by atoms with Crippen LogP contribution in [-0.4, -0.2) is 17.9 Å². The molecule has 5 heteroatoms. The summed E-state index contributed by atoms with van der Waals surface area (Å²) in [7, 11) is 0. The van der Waals surface area contributed by atoms with E-state index in [1.807, 2.05) is 0 Å². The van der Waals surface area contributed by atoms with Crippen molar-refractivity contribution in [1.82, 2.24) is 5.32 Å². The van der Waals surface area contributed by atoms with Gasteiger partial charge in [-0.3, -0.25) is 9.59 Å². The van der Waals surface area contributed by atoms with E-state index in [9.17, 15) is 14.0 Å². The Bertz CT molecular complexity index is 516. The van der Waals surface area contributed by atoms with Crippen molar-refractivity contribution in [3.63, 3.8) is 0 Å². The molecule has 0 aromatic heterocycles. The lowest BCUT2D eigenvalue weighted by molar-refractivity contribution is -0.122. The largest absolute Gasteiger partial charge is 0.369 e. The molecule has 1 aliphatic rings. The lowest BCUT2D eigenvalue weighted by Crippen LogP contribution is -2.42. The summed E-state index contributed by atoms with van der Waals surface area (Å²) in [5.41, 5.74) is 6.11. The number of carbonyl (C=O) groups is 2. The van der Waals surface area contributed by atoms with E-state index in [0.717, 1.165) is 12.0 Å². The fourth-order valence-corrected chi connectivity index (χ4v) is 2.53. The van der Waals surface area contributed by atoms with Gasteiger partial charge in [-0.25, -0.2) is 4.39 Å². The quantitative estimate of drug-likeness (QED) is 0.868. The monoisotopic (exact) mass is 264 g/mol. The molecule has 3 N–H and O–H groups in total. The van der Waals surface area contributed by atoms with Gasteiger partial charge in [0.05, 0.1) is 11.5 Å². The Hall–Kier alpha value is -1.91. The number of primary amides is 1. The van der Waals surface area contributed by atoms with E-state index >= 15 is 0 Å². The van der Waals surface area contributed by atoms with Crippen LogP contribution in [-0.2, 0) is 4.79 Å². The molecular formula is C14H17FN2O2. The van der Waals surface area contributed by atoms with Crippen LogP contribution in [0.25, 0.3) is 0 Å². The van der Waals surface area contributed by atoms with Gasteiger partial charge < -0.3 is 11.1 Å². The molecule has 2 amide bonds. The number of aryl methyl sites for hydroxylation is 1. The Morgan fingerprint density at radius 1 is 1.37 bits per heavy atom. The molecule has 0 heterocycles. The number of halogens is 1. The fourth-order valence-electron chi connectivity index (χ4n) is 2.53. The highest BCUT2D eigenvalue weighted by Crippen LogP contribution is 2.25. The van der Waals surface area contributed by atoms with E-state index in [-0.39, 0.29) is 17.5 Å².